The predicted molar refractivity (Wildman–Crippen MR) is 170 cm³/mol. The fraction of sp³-hybridized carbons (Fsp3) is 0.387. The van der Waals surface area contributed by atoms with Crippen LogP contribution in [0.3, 0.4) is 0 Å². The number of fused-ring (bicyclic) bond motifs is 1. The second-order valence-corrected chi connectivity index (χ2v) is 11.2. The summed E-state index contributed by atoms with van der Waals surface area (Å²) >= 11 is 0. The van der Waals surface area contributed by atoms with Gasteiger partial charge in [0.05, 0.1) is 6.04 Å². The van der Waals surface area contributed by atoms with Gasteiger partial charge in [0.15, 0.2) is 5.96 Å². The number of aromatic nitrogens is 1. The summed E-state index contributed by atoms with van der Waals surface area (Å²) in [4.78, 5) is 59.0. The van der Waals surface area contributed by atoms with Gasteiger partial charge in [-0.15, -0.1) is 0 Å². The van der Waals surface area contributed by atoms with Gasteiger partial charge in [0, 0.05) is 30.1 Å². The number of phenolic OH excluding ortho intramolecular Hbond substituents is 1. The number of hydrogen-bond donors (Lipinski definition) is 9. The van der Waals surface area contributed by atoms with Gasteiger partial charge in [-0.25, -0.2) is 4.79 Å². The zero-order valence-corrected chi connectivity index (χ0v) is 25.3. The van der Waals surface area contributed by atoms with Crippen LogP contribution in [0, 0.1) is 5.92 Å². The third kappa shape index (κ3) is 10.2. The van der Waals surface area contributed by atoms with Crippen LogP contribution in [-0.4, -0.2) is 75.6 Å². The molecule has 14 heteroatoms. The summed E-state index contributed by atoms with van der Waals surface area (Å²) in [5, 5.41) is 28.1. The highest BCUT2D eigenvalue weighted by Gasteiger charge is 2.31. The van der Waals surface area contributed by atoms with Crippen LogP contribution in [0.5, 0.6) is 5.75 Å². The Kier molecular flexibility index (Phi) is 12.3. The number of hydrogen-bond acceptors (Lipinski definition) is 7. The molecule has 0 fully saturated rings. The SMILES string of the molecule is CC(C)C(NC(=O)C(CCCN=C(N)N)NC(=O)C(Cc1ccc(O)cc1)NC(=O)C(N)Cc1c[nH]c2ccccc12)C(=O)O. The van der Waals surface area contributed by atoms with Crippen LogP contribution in [0.1, 0.15) is 37.8 Å². The molecular weight excluding hydrogens is 580 g/mol. The molecule has 0 saturated heterocycles. The van der Waals surface area contributed by atoms with E-state index in [1.54, 1.807) is 32.2 Å². The molecule has 1 aromatic heterocycles. The lowest BCUT2D eigenvalue weighted by Crippen LogP contribution is -2.58. The van der Waals surface area contributed by atoms with Gasteiger partial charge in [-0.05, 0) is 54.5 Å². The minimum absolute atomic E-state index is 0.0176. The summed E-state index contributed by atoms with van der Waals surface area (Å²) in [6, 6.07) is 9.19. The van der Waals surface area contributed by atoms with E-state index in [2.05, 4.69) is 25.9 Å². The number of aliphatic imine (C=N–C) groups is 1. The van der Waals surface area contributed by atoms with Gasteiger partial charge < -0.3 is 48.3 Å². The van der Waals surface area contributed by atoms with E-state index < -0.39 is 53.8 Å². The van der Waals surface area contributed by atoms with E-state index in [0.29, 0.717) is 12.0 Å². The van der Waals surface area contributed by atoms with Crippen LogP contribution < -0.4 is 33.2 Å². The standard InChI is InChI=1S/C31H42N8O6/c1-17(2)26(30(44)45)39-28(42)24(8-5-13-35-31(33)34)37-29(43)25(14-18-9-11-20(40)12-10-18)38-27(41)22(32)15-19-16-36-23-7-4-3-6-21(19)23/h3-4,6-7,9-12,16-17,22,24-26,36,40H,5,8,13-15,32H2,1-2H3,(H,37,43)(H,38,41)(H,39,42)(H,44,45)(H4,33,34,35). The van der Waals surface area contributed by atoms with Crippen LogP contribution >= 0.6 is 0 Å². The molecule has 0 bridgehead atoms. The van der Waals surface area contributed by atoms with Crippen LogP contribution in [0.4, 0.5) is 0 Å². The second kappa shape index (κ2) is 16.1. The first-order valence-corrected chi connectivity index (χ1v) is 14.6. The smallest absolute Gasteiger partial charge is 0.326 e. The number of carboxylic acid groups (broad SMARTS) is 1. The van der Waals surface area contributed by atoms with E-state index in [4.69, 9.17) is 17.2 Å². The topological polar surface area (TPSA) is 251 Å². The minimum atomic E-state index is -1.22. The maximum absolute atomic E-state index is 13.7. The van der Waals surface area contributed by atoms with Gasteiger partial charge in [-0.2, -0.15) is 0 Å². The number of aliphatic carboxylic acids is 1. The lowest BCUT2D eigenvalue weighted by atomic mass is 10.0. The van der Waals surface area contributed by atoms with Crippen molar-refractivity contribution < 1.29 is 29.4 Å². The Labute approximate surface area is 260 Å². The molecule has 3 amide bonds. The molecule has 45 heavy (non-hydrogen) atoms. The molecule has 4 unspecified atom stereocenters. The Morgan fingerprint density at radius 3 is 2.18 bits per heavy atom. The summed E-state index contributed by atoms with van der Waals surface area (Å²) in [5.74, 6) is -3.73. The molecular formula is C31H42N8O6. The molecule has 12 N–H and O–H groups in total. The van der Waals surface area contributed by atoms with E-state index in [1.165, 1.54) is 12.1 Å². The predicted octanol–water partition coefficient (Wildman–Crippen LogP) is 0.235. The fourth-order valence-electron chi connectivity index (χ4n) is 4.80. The molecule has 0 spiro atoms. The van der Waals surface area contributed by atoms with Crippen molar-refractivity contribution in [2.75, 3.05) is 6.54 Å². The molecule has 0 aliphatic heterocycles. The number of amides is 3. The first-order valence-electron chi connectivity index (χ1n) is 14.6. The van der Waals surface area contributed by atoms with E-state index in [9.17, 15) is 29.4 Å². The van der Waals surface area contributed by atoms with Gasteiger partial charge >= 0.3 is 5.97 Å². The molecule has 0 saturated carbocycles. The van der Waals surface area contributed by atoms with Gasteiger partial charge in [-0.3, -0.25) is 19.4 Å². The summed E-state index contributed by atoms with van der Waals surface area (Å²) in [5.41, 5.74) is 19.4. The monoisotopic (exact) mass is 622 g/mol. The first kappa shape index (κ1) is 34.4. The fourth-order valence-corrected chi connectivity index (χ4v) is 4.80. The van der Waals surface area contributed by atoms with Crippen LogP contribution in [0.2, 0.25) is 0 Å². The van der Waals surface area contributed by atoms with Gasteiger partial charge in [0.2, 0.25) is 17.7 Å². The molecule has 3 rings (SSSR count). The number of rotatable bonds is 16. The van der Waals surface area contributed by atoms with Crippen molar-refractivity contribution in [3.63, 3.8) is 0 Å². The Morgan fingerprint density at radius 2 is 1.53 bits per heavy atom. The van der Waals surface area contributed by atoms with Crippen molar-refractivity contribution in [3.05, 3.63) is 65.9 Å². The van der Waals surface area contributed by atoms with E-state index >= 15 is 0 Å². The third-order valence-electron chi connectivity index (χ3n) is 7.27. The summed E-state index contributed by atoms with van der Waals surface area (Å²) < 4.78 is 0. The normalized spacial score (nSPS) is 13.8. The van der Waals surface area contributed by atoms with Crippen molar-refractivity contribution in [1.82, 2.24) is 20.9 Å². The minimum Gasteiger partial charge on any atom is -0.508 e. The Hall–Kier alpha value is -5.11. The highest BCUT2D eigenvalue weighted by Crippen LogP contribution is 2.19. The number of carbonyl (C=O) groups excluding carboxylic acids is 3. The Balaban J connectivity index is 1.81. The van der Waals surface area contributed by atoms with Crippen LogP contribution in [-0.2, 0) is 32.0 Å². The number of guanidine groups is 1. The van der Waals surface area contributed by atoms with Crippen molar-refractivity contribution >= 4 is 40.6 Å². The zero-order chi connectivity index (χ0) is 33.1. The highest BCUT2D eigenvalue weighted by atomic mass is 16.4. The van der Waals surface area contributed by atoms with Gasteiger partial charge in [-0.1, -0.05) is 44.2 Å². The molecule has 2 aromatic carbocycles. The number of benzene rings is 2. The summed E-state index contributed by atoms with van der Waals surface area (Å²) in [6.45, 7) is 3.47. The van der Waals surface area contributed by atoms with Crippen molar-refractivity contribution in [2.45, 2.75) is 63.7 Å². The van der Waals surface area contributed by atoms with E-state index in [0.717, 1.165) is 16.5 Å². The average molecular weight is 623 g/mol. The highest BCUT2D eigenvalue weighted by molar-refractivity contribution is 5.94. The second-order valence-electron chi connectivity index (χ2n) is 11.2. The molecule has 1 heterocycles. The first-order chi connectivity index (χ1) is 21.3. The summed E-state index contributed by atoms with van der Waals surface area (Å²) in [6.07, 6.45) is 2.37. The number of para-hydroxylation sites is 1. The molecule has 0 radical (unpaired) electrons. The van der Waals surface area contributed by atoms with Gasteiger partial charge in [0.1, 0.15) is 23.9 Å². The quantitative estimate of drug-likeness (QED) is 0.0601. The van der Waals surface area contributed by atoms with Crippen LogP contribution in [0.15, 0.2) is 59.7 Å². The lowest BCUT2D eigenvalue weighted by molar-refractivity contribution is -0.143. The van der Waals surface area contributed by atoms with Crippen molar-refractivity contribution in [2.24, 2.45) is 28.1 Å². The number of nitrogens with zero attached hydrogens (tertiary/aromatic N) is 1. The maximum atomic E-state index is 13.7. The Morgan fingerprint density at radius 1 is 0.889 bits per heavy atom. The number of carbonyl (C=O) groups is 4. The maximum Gasteiger partial charge on any atom is 0.326 e. The molecule has 3 aromatic rings. The molecule has 14 nitrogen and oxygen atoms in total. The number of aromatic hydroxyl groups is 1. The van der Waals surface area contributed by atoms with E-state index in [1.807, 2.05) is 24.3 Å². The largest absolute Gasteiger partial charge is 0.508 e. The molecule has 4 atom stereocenters. The molecule has 0 aliphatic rings. The number of aromatic amines is 1. The lowest BCUT2D eigenvalue weighted by Gasteiger charge is -2.26. The number of nitrogens with one attached hydrogen (secondary N) is 4. The van der Waals surface area contributed by atoms with Gasteiger partial charge in [0.25, 0.3) is 0 Å². The molecule has 0 aliphatic carbocycles. The average Bonchev–Trinajstić information content (AvgIpc) is 3.39. The number of H-pyrrole nitrogens is 1. The summed E-state index contributed by atoms with van der Waals surface area (Å²) in [7, 11) is 0. The zero-order valence-electron chi connectivity index (χ0n) is 25.3. The third-order valence-corrected chi connectivity index (χ3v) is 7.27. The van der Waals surface area contributed by atoms with Crippen molar-refractivity contribution in [3.8, 4) is 5.75 Å². The number of nitrogens with two attached hydrogens (primary N) is 3. The van der Waals surface area contributed by atoms with E-state index in [-0.39, 0.29) is 37.5 Å². The van der Waals surface area contributed by atoms with Crippen LogP contribution in [0.25, 0.3) is 10.9 Å². The molecule has 242 valence electrons. The number of phenols is 1. The van der Waals surface area contributed by atoms with Crippen molar-refractivity contribution in [1.29, 1.82) is 0 Å². The Bertz CT molecular complexity index is 1500. The number of carboxylic acids is 1.